The molecule has 0 aliphatic carbocycles. The minimum Gasteiger partial charge on any atom is -0.493 e. The van der Waals surface area contributed by atoms with E-state index in [0.29, 0.717) is 22.8 Å². The maximum Gasteiger partial charge on any atom is 0.240 e. The summed E-state index contributed by atoms with van der Waals surface area (Å²) in [6.07, 6.45) is -0.145. The van der Waals surface area contributed by atoms with Gasteiger partial charge in [-0.25, -0.2) is 13.1 Å². The largest absolute Gasteiger partial charge is 0.493 e. The average Bonchev–Trinajstić information content (AvgIpc) is 3.02. The number of hydrogen-bond donors (Lipinski definition) is 2. The van der Waals surface area contributed by atoms with E-state index in [0.717, 1.165) is 17.7 Å². The summed E-state index contributed by atoms with van der Waals surface area (Å²) in [4.78, 5) is 0.115. The van der Waals surface area contributed by atoms with Gasteiger partial charge < -0.3 is 9.84 Å². The summed E-state index contributed by atoms with van der Waals surface area (Å²) in [6.45, 7) is 2.16. The van der Waals surface area contributed by atoms with Crippen LogP contribution in [0.3, 0.4) is 0 Å². The molecule has 5 nitrogen and oxygen atoms in total. The molecule has 0 radical (unpaired) electrons. The van der Waals surface area contributed by atoms with Crippen molar-refractivity contribution in [3.8, 4) is 5.75 Å². The average molecular weight is 368 g/mol. The van der Waals surface area contributed by atoms with Crippen molar-refractivity contribution >= 4 is 21.6 Å². The number of benzene rings is 2. The molecule has 2 N–H and O–H groups in total. The molecule has 0 aromatic heterocycles. The maximum atomic E-state index is 12.4. The van der Waals surface area contributed by atoms with Gasteiger partial charge in [0.05, 0.1) is 17.6 Å². The van der Waals surface area contributed by atoms with Gasteiger partial charge in [-0.15, -0.1) is 0 Å². The van der Waals surface area contributed by atoms with Crippen LogP contribution in [0.5, 0.6) is 5.75 Å². The fourth-order valence-electron chi connectivity index (χ4n) is 2.68. The lowest BCUT2D eigenvalue weighted by atomic mass is 10.0. The first kappa shape index (κ1) is 17.2. The Labute approximate surface area is 146 Å². The molecule has 0 unspecified atom stereocenters. The van der Waals surface area contributed by atoms with Crippen LogP contribution in [0, 0.1) is 6.92 Å². The van der Waals surface area contributed by atoms with Crippen LogP contribution in [0.1, 0.15) is 22.8 Å². The molecule has 1 aliphatic heterocycles. The van der Waals surface area contributed by atoms with Crippen LogP contribution < -0.4 is 9.46 Å². The lowest BCUT2D eigenvalue weighted by molar-refractivity contribution is 0.182. The first-order valence-corrected chi connectivity index (χ1v) is 9.43. The number of aliphatic hydroxyl groups excluding tert-OH is 1. The highest BCUT2D eigenvalue weighted by Gasteiger charge is 2.21. The summed E-state index contributed by atoms with van der Waals surface area (Å²) >= 11 is 5.98. The Kier molecular flexibility index (Phi) is 4.83. The Balaban J connectivity index is 1.73. The third-order valence-corrected chi connectivity index (χ3v) is 6.05. The highest BCUT2D eigenvalue weighted by Crippen LogP contribution is 2.28. The lowest BCUT2D eigenvalue weighted by Gasteiger charge is -2.15. The minimum absolute atomic E-state index is 0.115. The number of sulfonamides is 1. The molecule has 7 heteroatoms. The molecular weight excluding hydrogens is 350 g/mol. The molecule has 3 rings (SSSR count). The molecule has 1 heterocycles. The Morgan fingerprint density at radius 3 is 2.92 bits per heavy atom. The molecule has 2 aromatic rings. The maximum absolute atomic E-state index is 12.4. The van der Waals surface area contributed by atoms with Gasteiger partial charge in [0.25, 0.3) is 0 Å². The topological polar surface area (TPSA) is 75.6 Å². The summed E-state index contributed by atoms with van der Waals surface area (Å²) in [5.41, 5.74) is 2.17. The highest BCUT2D eigenvalue weighted by molar-refractivity contribution is 7.89. The smallest absolute Gasteiger partial charge is 0.240 e. The highest BCUT2D eigenvalue weighted by atomic mass is 35.5. The number of halogens is 1. The summed E-state index contributed by atoms with van der Waals surface area (Å²) in [5.74, 6) is 0.820. The molecule has 128 valence electrons. The SMILES string of the molecule is Cc1c(Cl)cccc1S(=O)(=O)NC[C@H](O)c1ccc2c(c1)CCO2. The number of hydrogen-bond acceptors (Lipinski definition) is 4. The molecule has 24 heavy (non-hydrogen) atoms. The third-order valence-electron chi connectivity index (χ3n) is 4.07. The summed E-state index contributed by atoms with van der Waals surface area (Å²) in [6, 6.07) is 10.1. The van der Waals surface area contributed by atoms with Crippen molar-refractivity contribution in [1.82, 2.24) is 4.72 Å². The zero-order valence-corrected chi connectivity index (χ0v) is 14.7. The van der Waals surface area contributed by atoms with Crippen LogP contribution in [-0.4, -0.2) is 26.7 Å². The second kappa shape index (κ2) is 6.72. The van der Waals surface area contributed by atoms with Crippen LogP contribution in [0.2, 0.25) is 5.02 Å². The Bertz CT molecular complexity index is 867. The molecular formula is C17H18ClNO4S. The molecule has 0 saturated heterocycles. The number of fused-ring (bicyclic) bond motifs is 1. The Morgan fingerprint density at radius 1 is 1.33 bits per heavy atom. The van der Waals surface area contributed by atoms with Gasteiger partial charge in [-0.2, -0.15) is 0 Å². The van der Waals surface area contributed by atoms with Gasteiger partial charge in [0.1, 0.15) is 5.75 Å². The quantitative estimate of drug-likeness (QED) is 0.851. The molecule has 0 spiro atoms. The molecule has 0 fully saturated rings. The van der Waals surface area contributed by atoms with Crippen molar-refractivity contribution in [3.05, 3.63) is 58.1 Å². The standard InChI is InChI=1S/C17H18ClNO4S/c1-11-14(18)3-2-4-17(11)24(21,22)19-10-15(20)12-5-6-16-13(9-12)7-8-23-16/h2-6,9,15,19-20H,7-8,10H2,1H3/t15-/m0/s1. The fourth-order valence-corrected chi connectivity index (χ4v) is 4.21. The molecule has 0 bridgehead atoms. The second-order valence-corrected chi connectivity index (χ2v) is 7.84. The molecule has 0 saturated carbocycles. The van der Waals surface area contributed by atoms with Crippen LogP contribution in [0.25, 0.3) is 0 Å². The Hall–Kier alpha value is -1.60. The van der Waals surface area contributed by atoms with E-state index in [-0.39, 0.29) is 11.4 Å². The van der Waals surface area contributed by atoms with Crippen molar-refractivity contribution < 1.29 is 18.3 Å². The monoisotopic (exact) mass is 367 g/mol. The van der Waals surface area contributed by atoms with Gasteiger partial charge >= 0.3 is 0 Å². The van der Waals surface area contributed by atoms with E-state index in [1.807, 2.05) is 6.07 Å². The summed E-state index contributed by atoms with van der Waals surface area (Å²) < 4.78 is 32.7. The number of rotatable bonds is 5. The zero-order valence-electron chi connectivity index (χ0n) is 13.1. The molecule has 1 aliphatic rings. The van der Waals surface area contributed by atoms with Gasteiger partial charge in [-0.05, 0) is 47.9 Å². The Morgan fingerprint density at radius 2 is 2.12 bits per heavy atom. The van der Waals surface area contributed by atoms with Gasteiger partial charge in [0.15, 0.2) is 0 Å². The van der Waals surface area contributed by atoms with Gasteiger partial charge in [-0.3, -0.25) is 0 Å². The summed E-state index contributed by atoms with van der Waals surface area (Å²) in [7, 11) is -3.75. The van der Waals surface area contributed by atoms with E-state index in [1.54, 1.807) is 31.2 Å². The van der Waals surface area contributed by atoms with Crippen molar-refractivity contribution in [2.24, 2.45) is 0 Å². The van der Waals surface area contributed by atoms with Crippen molar-refractivity contribution in [1.29, 1.82) is 0 Å². The van der Waals surface area contributed by atoms with E-state index < -0.39 is 16.1 Å². The van der Waals surface area contributed by atoms with E-state index in [4.69, 9.17) is 16.3 Å². The predicted octanol–water partition coefficient (Wildman–Crippen LogP) is 2.60. The zero-order chi connectivity index (χ0) is 17.3. The van der Waals surface area contributed by atoms with E-state index >= 15 is 0 Å². The molecule has 1 atom stereocenters. The number of ether oxygens (including phenoxy) is 1. The predicted molar refractivity (Wildman–Crippen MR) is 92.0 cm³/mol. The third kappa shape index (κ3) is 3.42. The van der Waals surface area contributed by atoms with Crippen molar-refractivity contribution in [3.63, 3.8) is 0 Å². The van der Waals surface area contributed by atoms with E-state index in [1.165, 1.54) is 6.07 Å². The van der Waals surface area contributed by atoms with Crippen LogP contribution in [0.4, 0.5) is 0 Å². The van der Waals surface area contributed by atoms with Crippen LogP contribution in [0.15, 0.2) is 41.3 Å². The fraction of sp³-hybridized carbons (Fsp3) is 0.294. The lowest BCUT2D eigenvalue weighted by Crippen LogP contribution is -2.29. The van der Waals surface area contributed by atoms with Crippen molar-refractivity contribution in [2.75, 3.05) is 13.2 Å². The second-order valence-electron chi connectivity index (χ2n) is 5.70. The normalized spacial score (nSPS) is 15.0. The van der Waals surface area contributed by atoms with Crippen LogP contribution >= 0.6 is 11.6 Å². The van der Waals surface area contributed by atoms with Gasteiger partial charge in [0, 0.05) is 18.0 Å². The first-order chi connectivity index (χ1) is 11.4. The van der Waals surface area contributed by atoms with E-state index in [2.05, 4.69) is 4.72 Å². The minimum atomic E-state index is -3.75. The van der Waals surface area contributed by atoms with Gasteiger partial charge in [0.2, 0.25) is 10.0 Å². The van der Waals surface area contributed by atoms with Gasteiger partial charge in [-0.1, -0.05) is 23.7 Å². The van der Waals surface area contributed by atoms with Crippen molar-refractivity contribution in [2.45, 2.75) is 24.3 Å². The van der Waals surface area contributed by atoms with Crippen LogP contribution in [-0.2, 0) is 16.4 Å². The number of aliphatic hydroxyl groups is 1. The van der Waals surface area contributed by atoms with E-state index in [9.17, 15) is 13.5 Å². The number of nitrogens with one attached hydrogen (secondary N) is 1. The first-order valence-electron chi connectivity index (χ1n) is 7.57. The molecule has 0 amide bonds. The summed E-state index contributed by atoms with van der Waals surface area (Å²) in [5, 5.41) is 10.7. The molecule has 2 aromatic carbocycles.